The number of rotatable bonds is 7. The lowest BCUT2D eigenvalue weighted by atomic mass is 9.94. The number of carbonyl (C=O) groups excluding carboxylic acids is 2. The van der Waals surface area contributed by atoms with Gasteiger partial charge in [0.2, 0.25) is 0 Å². The number of anilines is 1. The van der Waals surface area contributed by atoms with Crippen molar-refractivity contribution in [2.45, 2.75) is 19.0 Å². The van der Waals surface area contributed by atoms with E-state index in [1.54, 1.807) is 42.6 Å². The number of carbonyl (C=O) groups is 2. The molecular weight excluding hydrogens is 453 g/mol. The number of aromatic nitrogens is 1. The summed E-state index contributed by atoms with van der Waals surface area (Å²) >= 11 is 0. The molecule has 0 radical (unpaired) electrons. The van der Waals surface area contributed by atoms with Gasteiger partial charge in [0.05, 0.1) is 5.56 Å². The number of aryl methyl sites for hydroxylation is 1. The summed E-state index contributed by atoms with van der Waals surface area (Å²) < 4.78 is 40.6. The van der Waals surface area contributed by atoms with Crippen LogP contribution in [0, 0.1) is 0 Å². The van der Waals surface area contributed by atoms with Crippen LogP contribution >= 0.6 is 0 Å². The van der Waals surface area contributed by atoms with Gasteiger partial charge in [-0.15, -0.1) is 0 Å². The molecule has 0 aliphatic heterocycles. The molecular formula is C28H21F3N2O2. The van der Waals surface area contributed by atoms with Crippen molar-refractivity contribution < 1.29 is 22.8 Å². The van der Waals surface area contributed by atoms with Crippen LogP contribution in [0.25, 0.3) is 11.1 Å². The molecule has 1 heterocycles. The van der Waals surface area contributed by atoms with Gasteiger partial charge in [-0.2, -0.15) is 13.2 Å². The maximum Gasteiger partial charge on any atom is 0.417 e. The normalized spacial score (nSPS) is 11.2. The molecule has 0 spiro atoms. The summed E-state index contributed by atoms with van der Waals surface area (Å²) in [5.41, 5.74) is 1.16. The highest BCUT2D eigenvalue weighted by molar-refractivity contribution is 6.09. The van der Waals surface area contributed by atoms with E-state index in [9.17, 15) is 22.8 Å². The zero-order valence-corrected chi connectivity index (χ0v) is 18.5. The van der Waals surface area contributed by atoms with E-state index in [4.69, 9.17) is 0 Å². The van der Waals surface area contributed by atoms with Gasteiger partial charge in [0.1, 0.15) is 0 Å². The Morgan fingerprint density at radius 2 is 1.43 bits per heavy atom. The molecule has 0 saturated carbocycles. The van der Waals surface area contributed by atoms with E-state index in [0.29, 0.717) is 24.1 Å². The summed E-state index contributed by atoms with van der Waals surface area (Å²) in [4.78, 5) is 29.7. The van der Waals surface area contributed by atoms with Crippen molar-refractivity contribution in [2.75, 3.05) is 5.32 Å². The smallest absolute Gasteiger partial charge is 0.322 e. The van der Waals surface area contributed by atoms with Crippen LogP contribution in [0.3, 0.4) is 0 Å². The monoisotopic (exact) mass is 474 g/mol. The van der Waals surface area contributed by atoms with E-state index in [1.165, 1.54) is 30.3 Å². The number of Topliss-reactive ketones (excluding diaryl/α,β-unsaturated/α-hetero) is 1. The minimum absolute atomic E-state index is 0.0531. The van der Waals surface area contributed by atoms with Crippen molar-refractivity contribution in [3.8, 4) is 11.1 Å². The first-order valence-electron chi connectivity index (χ1n) is 10.9. The fraction of sp³-hybridized carbons (Fsp3) is 0.107. The predicted molar refractivity (Wildman–Crippen MR) is 128 cm³/mol. The third-order valence-corrected chi connectivity index (χ3v) is 5.49. The van der Waals surface area contributed by atoms with Crippen LogP contribution in [-0.2, 0) is 12.6 Å². The van der Waals surface area contributed by atoms with Crippen LogP contribution in [-0.4, -0.2) is 16.7 Å². The van der Waals surface area contributed by atoms with Gasteiger partial charge in [0.15, 0.2) is 5.78 Å². The van der Waals surface area contributed by atoms with Crippen molar-refractivity contribution in [3.63, 3.8) is 0 Å². The van der Waals surface area contributed by atoms with Gasteiger partial charge in [-0.1, -0.05) is 42.5 Å². The van der Waals surface area contributed by atoms with Crippen molar-refractivity contribution in [1.82, 2.24) is 4.98 Å². The average molecular weight is 474 g/mol. The molecule has 3 aromatic carbocycles. The SMILES string of the molecule is O=C(CCc1ccccn1)c1ccc(NC(=O)c2ccccc2-c2ccccc2C(F)(F)F)cc1. The first kappa shape index (κ1) is 23.9. The number of alkyl halides is 3. The fourth-order valence-corrected chi connectivity index (χ4v) is 3.75. The molecule has 0 unspecified atom stereocenters. The largest absolute Gasteiger partial charge is 0.417 e. The fourth-order valence-electron chi connectivity index (χ4n) is 3.75. The molecule has 0 aliphatic rings. The first-order valence-corrected chi connectivity index (χ1v) is 10.9. The topological polar surface area (TPSA) is 59.1 Å². The third-order valence-electron chi connectivity index (χ3n) is 5.49. The van der Waals surface area contributed by atoms with Gasteiger partial charge in [0.25, 0.3) is 5.91 Å². The third kappa shape index (κ3) is 5.81. The maximum absolute atomic E-state index is 13.5. The number of benzene rings is 3. The maximum atomic E-state index is 13.5. The predicted octanol–water partition coefficient (Wildman–Crippen LogP) is 6.84. The number of pyridine rings is 1. The Morgan fingerprint density at radius 1 is 0.771 bits per heavy atom. The summed E-state index contributed by atoms with van der Waals surface area (Å²) in [7, 11) is 0. The summed E-state index contributed by atoms with van der Waals surface area (Å²) in [6.45, 7) is 0. The number of amides is 1. The van der Waals surface area contributed by atoms with Crippen molar-refractivity contribution in [2.24, 2.45) is 0 Å². The van der Waals surface area contributed by atoms with E-state index in [2.05, 4.69) is 10.3 Å². The van der Waals surface area contributed by atoms with E-state index in [0.717, 1.165) is 11.8 Å². The van der Waals surface area contributed by atoms with Gasteiger partial charge in [-0.3, -0.25) is 14.6 Å². The van der Waals surface area contributed by atoms with Crippen LogP contribution in [0.5, 0.6) is 0 Å². The molecule has 1 aromatic heterocycles. The van der Waals surface area contributed by atoms with Gasteiger partial charge in [-0.05, 0) is 66.1 Å². The van der Waals surface area contributed by atoms with Crippen LogP contribution in [0.2, 0.25) is 0 Å². The van der Waals surface area contributed by atoms with Gasteiger partial charge >= 0.3 is 6.18 Å². The molecule has 0 bridgehead atoms. The highest BCUT2D eigenvalue weighted by atomic mass is 19.4. The van der Waals surface area contributed by atoms with Gasteiger partial charge in [-0.25, -0.2) is 0 Å². The Bertz CT molecular complexity index is 1330. The lowest BCUT2D eigenvalue weighted by Gasteiger charge is -2.16. The van der Waals surface area contributed by atoms with Gasteiger partial charge in [0, 0.05) is 35.1 Å². The van der Waals surface area contributed by atoms with Crippen LogP contribution in [0.1, 0.15) is 38.4 Å². The first-order chi connectivity index (χ1) is 16.8. The molecule has 35 heavy (non-hydrogen) atoms. The second kappa shape index (κ2) is 10.3. The molecule has 7 heteroatoms. The number of nitrogens with zero attached hydrogens (tertiary/aromatic N) is 1. The number of hydrogen-bond acceptors (Lipinski definition) is 3. The number of ketones is 1. The molecule has 4 rings (SSSR count). The minimum Gasteiger partial charge on any atom is -0.322 e. The van der Waals surface area contributed by atoms with Crippen molar-refractivity contribution in [1.29, 1.82) is 0 Å². The molecule has 1 amide bonds. The second-order valence-corrected chi connectivity index (χ2v) is 7.86. The zero-order valence-electron chi connectivity index (χ0n) is 18.5. The number of nitrogens with one attached hydrogen (secondary N) is 1. The summed E-state index contributed by atoms with van der Waals surface area (Å²) in [5.74, 6) is -0.602. The lowest BCUT2D eigenvalue weighted by Crippen LogP contribution is -2.14. The molecule has 4 nitrogen and oxygen atoms in total. The summed E-state index contributed by atoms with van der Waals surface area (Å²) in [5, 5.41) is 2.71. The Labute approximate surface area is 200 Å². The van der Waals surface area contributed by atoms with Crippen LogP contribution < -0.4 is 5.32 Å². The Balaban J connectivity index is 1.49. The number of halogens is 3. The lowest BCUT2D eigenvalue weighted by molar-refractivity contribution is -0.137. The molecule has 0 atom stereocenters. The molecule has 176 valence electrons. The van der Waals surface area contributed by atoms with E-state index in [-0.39, 0.29) is 22.5 Å². The standard InChI is InChI=1S/C28H21F3N2O2/c29-28(30,31)25-11-4-3-9-23(25)22-8-1-2-10-24(22)27(35)33-21-14-12-19(13-15-21)26(34)17-16-20-7-5-6-18-32-20/h1-15,18H,16-17H2,(H,33,35). The van der Waals surface area contributed by atoms with E-state index in [1.807, 2.05) is 18.2 Å². The van der Waals surface area contributed by atoms with Gasteiger partial charge < -0.3 is 5.32 Å². The Hall–Kier alpha value is -4.26. The van der Waals surface area contributed by atoms with Crippen LogP contribution in [0.15, 0.2) is 97.2 Å². The Kier molecular flexibility index (Phi) is 7.06. The highest BCUT2D eigenvalue weighted by Gasteiger charge is 2.34. The molecule has 0 saturated heterocycles. The minimum atomic E-state index is -4.56. The summed E-state index contributed by atoms with van der Waals surface area (Å²) in [6.07, 6.45) is -2.06. The molecule has 0 aliphatic carbocycles. The average Bonchev–Trinajstić information content (AvgIpc) is 2.88. The summed E-state index contributed by atoms with van der Waals surface area (Å²) in [6, 6.07) is 23.3. The van der Waals surface area contributed by atoms with Crippen molar-refractivity contribution >= 4 is 17.4 Å². The zero-order chi connectivity index (χ0) is 24.8. The quantitative estimate of drug-likeness (QED) is 0.299. The molecule has 4 aromatic rings. The highest BCUT2D eigenvalue weighted by Crippen LogP contribution is 2.38. The number of hydrogen-bond donors (Lipinski definition) is 1. The molecule has 1 N–H and O–H groups in total. The van der Waals surface area contributed by atoms with E-state index < -0.39 is 17.6 Å². The van der Waals surface area contributed by atoms with Crippen LogP contribution in [0.4, 0.5) is 18.9 Å². The van der Waals surface area contributed by atoms with E-state index >= 15 is 0 Å². The second-order valence-electron chi connectivity index (χ2n) is 7.86. The van der Waals surface area contributed by atoms with Crippen molar-refractivity contribution in [3.05, 3.63) is 120 Å². The Morgan fingerprint density at radius 3 is 2.11 bits per heavy atom. The molecule has 0 fully saturated rings.